The third-order valence-corrected chi connectivity index (χ3v) is 6.96. The van der Waals surface area contributed by atoms with Crippen molar-refractivity contribution in [3.63, 3.8) is 0 Å². The molecule has 0 radical (unpaired) electrons. The van der Waals surface area contributed by atoms with E-state index in [9.17, 15) is 18.0 Å². The monoisotopic (exact) mass is 486 g/mol. The van der Waals surface area contributed by atoms with Crippen molar-refractivity contribution in [3.8, 4) is 0 Å². The van der Waals surface area contributed by atoms with E-state index < -0.39 is 23.7 Å². The second-order valence-corrected chi connectivity index (χ2v) is 9.67. The largest absolute Gasteiger partial charge is 0.417 e. The third-order valence-electron chi connectivity index (χ3n) is 6.96. The van der Waals surface area contributed by atoms with Crippen LogP contribution in [-0.2, 0) is 6.18 Å². The average Bonchev–Trinajstić information content (AvgIpc) is 3.43. The number of benzene rings is 1. The number of hydrogen-bond acceptors (Lipinski definition) is 5. The maximum Gasteiger partial charge on any atom is 0.417 e. The van der Waals surface area contributed by atoms with Gasteiger partial charge >= 0.3 is 6.18 Å². The summed E-state index contributed by atoms with van der Waals surface area (Å²) in [4.78, 5) is 22.0. The molecule has 2 aliphatic rings. The molecule has 2 aliphatic heterocycles. The number of carbonyl (C=O) groups is 1. The van der Waals surface area contributed by atoms with E-state index >= 15 is 0 Å². The topological polar surface area (TPSA) is 79.8 Å². The number of halogens is 3. The summed E-state index contributed by atoms with van der Waals surface area (Å²) in [6, 6.07) is 5.42. The lowest BCUT2D eigenvalue weighted by atomic mass is 9.96. The molecule has 1 aromatic carbocycles. The molecule has 5 rings (SSSR count). The molecule has 2 fully saturated rings. The molecule has 0 spiro atoms. The zero-order chi connectivity index (χ0) is 24.9. The molecule has 4 heterocycles. The predicted molar refractivity (Wildman–Crippen MR) is 126 cm³/mol. The molecule has 2 N–H and O–H groups in total. The highest BCUT2D eigenvalue weighted by molar-refractivity contribution is 5.96. The van der Waals surface area contributed by atoms with Gasteiger partial charge in [0.15, 0.2) is 5.65 Å². The van der Waals surface area contributed by atoms with Gasteiger partial charge in [-0.25, -0.2) is 9.50 Å². The van der Waals surface area contributed by atoms with E-state index in [1.165, 1.54) is 6.07 Å². The van der Waals surface area contributed by atoms with Crippen LogP contribution in [-0.4, -0.2) is 51.1 Å². The van der Waals surface area contributed by atoms with E-state index in [1.54, 1.807) is 22.4 Å². The van der Waals surface area contributed by atoms with E-state index in [0.29, 0.717) is 29.9 Å². The molecule has 2 saturated heterocycles. The first kappa shape index (κ1) is 23.6. The number of aryl methyl sites for hydroxylation is 2. The van der Waals surface area contributed by atoms with Crippen LogP contribution in [0.25, 0.3) is 5.65 Å². The van der Waals surface area contributed by atoms with Gasteiger partial charge in [0.25, 0.3) is 5.91 Å². The Morgan fingerprint density at radius 2 is 1.91 bits per heavy atom. The minimum absolute atomic E-state index is 0.123. The van der Waals surface area contributed by atoms with E-state index in [0.717, 1.165) is 49.8 Å². The van der Waals surface area contributed by atoms with Crippen LogP contribution in [0.15, 0.2) is 30.5 Å². The first-order valence-electron chi connectivity index (χ1n) is 12.0. The van der Waals surface area contributed by atoms with Crippen molar-refractivity contribution in [2.24, 2.45) is 5.73 Å². The Balaban J connectivity index is 1.49. The van der Waals surface area contributed by atoms with Gasteiger partial charge in [-0.1, -0.05) is 11.6 Å². The van der Waals surface area contributed by atoms with Gasteiger partial charge in [0.1, 0.15) is 5.82 Å². The Kier molecular flexibility index (Phi) is 5.94. The number of nitrogens with two attached hydrogens (primary N) is 1. The number of nitrogens with zero attached hydrogens (tertiary/aromatic N) is 5. The summed E-state index contributed by atoms with van der Waals surface area (Å²) in [7, 11) is 0. The molecular formula is C25H29F3N6O. The summed E-state index contributed by atoms with van der Waals surface area (Å²) in [5, 5.41) is 4.69. The van der Waals surface area contributed by atoms with Gasteiger partial charge < -0.3 is 15.5 Å². The third kappa shape index (κ3) is 4.47. The smallest absolute Gasteiger partial charge is 0.355 e. The van der Waals surface area contributed by atoms with Crippen LogP contribution in [0.5, 0.6) is 0 Å². The molecule has 186 valence electrons. The van der Waals surface area contributed by atoms with Crippen molar-refractivity contribution in [2.75, 3.05) is 24.5 Å². The second-order valence-electron chi connectivity index (χ2n) is 9.67. The van der Waals surface area contributed by atoms with Gasteiger partial charge in [0.05, 0.1) is 22.9 Å². The Labute approximate surface area is 201 Å². The SMILES string of the molecule is Cc1ccc(C(=O)N2CCCC[C@H]2c2cc3nc(N4CC[C@H](N)C4)c(C)cn3n2)c(C(F)(F)F)c1. The molecule has 3 aromatic rings. The second kappa shape index (κ2) is 8.82. The number of alkyl halides is 3. The summed E-state index contributed by atoms with van der Waals surface area (Å²) in [6.45, 7) is 5.53. The summed E-state index contributed by atoms with van der Waals surface area (Å²) in [5.74, 6) is 0.248. The number of piperidine rings is 1. The molecule has 2 aromatic heterocycles. The molecule has 0 aliphatic carbocycles. The van der Waals surface area contributed by atoms with E-state index in [1.807, 2.05) is 19.2 Å². The number of likely N-dealkylation sites (tertiary alicyclic amines) is 1. The van der Waals surface area contributed by atoms with Gasteiger partial charge in [-0.2, -0.15) is 18.3 Å². The Bertz CT molecular complexity index is 1270. The summed E-state index contributed by atoms with van der Waals surface area (Å²) in [5.41, 5.74) is 7.56. The molecule has 0 unspecified atom stereocenters. The highest BCUT2D eigenvalue weighted by Crippen LogP contribution is 2.37. The summed E-state index contributed by atoms with van der Waals surface area (Å²) < 4.78 is 42.9. The molecule has 10 heteroatoms. The van der Waals surface area contributed by atoms with Crippen molar-refractivity contribution < 1.29 is 18.0 Å². The minimum Gasteiger partial charge on any atom is -0.355 e. The van der Waals surface area contributed by atoms with E-state index in [4.69, 9.17) is 10.7 Å². The maximum atomic E-state index is 13.7. The van der Waals surface area contributed by atoms with Crippen molar-refractivity contribution in [3.05, 3.63) is 58.4 Å². The highest BCUT2D eigenvalue weighted by atomic mass is 19.4. The van der Waals surface area contributed by atoms with Crippen LogP contribution in [0.1, 0.15) is 64.5 Å². The Morgan fingerprint density at radius 3 is 2.63 bits per heavy atom. The van der Waals surface area contributed by atoms with Gasteiger partial charge in [-0.05, 0) is 51.7 Å². The highest BCUT2D eigenvalue weighted by Gasteiger charge is 2.38. The van der Waals surface area contributed by atoms with Crippen molar-refractivity contribution in [2.45, 2.75) is 57.8 Å². The fourth-order valence-electron chi connectivity index (χ4n) is 5.20. The first-order valence-corrected chi connectivity index (χ1v) is 12.0. The number of fused-ring (bicyclic) bond motifs is 1. The van der Waals surface area contributed by atoms with Crippen LogP contribution in [0.3, 0.4) is 0 Å². The van der Waals surface area contributed by atoms with E-state index in [2.05, 4.69) is 10.00 Å². The van der Waals surface area contributed by atoms with Crippen LogP contribution in [0.2, 0.25) is 0 Å². The minimum atomic E-state index is -4.61. The zero-order valence-corrected chi connectivity index (χ0v) is 19.8. The first-order chi connectivity index (χ1) is 16.6. The molecule has 7 nitrogen and oxygen atoms in total. The Hall–Kier alpha value is -3.14. The molecule has 0 bridgehead atoms. The molecule has 35 heavy (non-hydrogen) atoms. The van der Waals surface area contributed by atoms with Crippen molar-refractivity contribution in [1.29, 1.82) is 0 Å². The molecule has 2 atom stereocenters. The van der Waals surface area contributed by atoms with Crippen molar-refractivity contribution >= 4 is 17.4 Å². The lowest BCUT2D eigenvalue weighted by Crippen LogP contribution is -2.39. The normalized spacial score (nSPS) is 21.2. The standard InChI is InChI=1S/C25H29F3N6O/c1-15-6-7-18(19(11-15)25(26,27)28)24(35)33-9-4-3-5-21(33)20-12-22-30-23(16(2)13-34(22)31-20)32-10-8-17(29)14-32/h6-7,11-13,17,21H,3-5,8-10,14,29H2,1-2H3/t17-,21-/m0/s1. The Morgan fingerprint density at radius 1 is 1.11 bits per heavy atom. The fourth-order valence-corrected chi connectivity index (χ4v) is 5.20. The lowest BCUT2D eigenvalue weighted by Gasteiger charge is -2.35. The van der Waals surface area contributed by atoms with Gasteiger partial charge in [0, 0.05) is 43.5 Å². The maximum absolute atomic E-state index is 13.7. The fraction of sp³-hybridized carbons (Fsp3) is 0.480. The number of anilines is 1. The lowest BCUT2D eigenvalue weighted by molar-refractivity contribution is -0.138. The van der Waals surface area contributed by atoms with Gasteiger partial charge in [-0.15, -0.1) is 0 Å². The van der Waals surface area contributed by atoms with E-state index in [-0.39, 0.29) is 11.6 Å². The summed E-state index contributed by atoms with van der Waals surface area (Å²) >= 11 is 0. The number of carbonyl (C=O) groups excluding carboxylic acids is 1. The molecule has 1 amide bonds. The number of rotatable bonds is 3. The summed E-state index contributed by atoms with van der Waals surface area (Å²) in [6.07, 6.45) is 0.443. The van der Waals surface area contributed by atoms with Crippen LogP contribution < -0.4 is 10.6 Å². The number of aromatic nitrogens is 3. The molecular weight excluding hydrogens is 457 g/mol. The predicted octanol–water partition coefficient (Wildman–Crippen LogP) is 4.27. The average molecular weight is 487 g/mol. The quantitative estimate of drug-likeness (QED) is 0.598. The van der Waals surface area contributed by atoms with Crippen molar-refractivity contribution in [1.82, 2.24) is 19.5 Å². The number of amides is 1. The zero-order valence-electron chi connectivity index (χ0n) is 19.8. The molecule has 0 saturated carbocycles. The van der Waals surface area contributed by atoms with Crippen LogP contribution in [0, 0.1) is 13.8 Å². The van der Waals surface area contributed by atoms with Crippen LogP contribution in [0.4, 0.5) is 19.0 Å². The van der Waals surface area contributed by atoms with Gasteiger partial charge in [0.2, 0.25) is 0 Å². The van der Waals surface area contributed by atoms with Crippen LogP contribution >= 0.6 is 0 Å². The number of hydrogen-bond donors (Lipinski definition) is 1. The van der Waals surface area contributed by atoms with Gasteiger partial charge in [-0.3, -0.25) is 4.79 Å².